The molecule has 2 aromatic carbocycles. The van der Waals surface area contributed by atoms with Crippen LogP contribution in [0.5, 0.6) is 17.2 Å². The topological polar surface area (TPSA) is 34.2 Å². The van der Waals surface area contributed by atoms with Crippen molar-refractivity contribution in [1.82, 2.24) is 9.80 Å². The second-order valence-electron chi connectivity index (χ2n) is 12.1. The average molecular weight is 593 g/mol. The second kappa shape index (κ2) is 16.3. The van der Waals surface area contributed by atoms with E-state index in [2.05, 4.69) is 73.0 Å². The first-order valence-corrected chi connectivity index (χ1v) is 16.6. The Labute approximate surface area is 258 Å². The van der Waals surface area contributed by atoms with E-state index in [0.29, 0.717) is 11.5 Å². The van der Waals surface area contributed by atoms with Crippen LogP contribution in [0.1, 0.15) is 59.6 Å². The summed E-state index contributed by atoms with van der Waals surface area (Å²) in [7, 11) is 5.03. The Morgan fingerprint density at radius 1 is 0.714 bits per heavy atom. The van der Waals surface area contributed by atoms with Gasteiger partial charge in [0.25, 0.3) is 0 Å². The lowest BCUT2D eigenvalue weighted by Gasteiger charge is -2.36. The summed E-state index contributed by atoms with van der Waals surface area (Å²) in [5.74, 6) is 3.65. The molecule has 0 radical (unpaired) electrons. The maximum Gasteiger partial charge on any atom is 0.203 e. The molecule has 0 aliphatic carbocycles. The summed E-state index contributed by atoms with van der Waals surface area (Å²) in [5, 5.41) is 0. The molecular formula is C36H52N2O3S. The predicted molar refractivity (Wildman–Crippen MR) is 177 cm³/mol. The van der Waals surface area contributed by atoms with Gasteiger partial charge in [0.15, 0.2) is 11.5 Å². The lowest BCUT2D eigenvalue weighted by molar-refractivity contribution is 0.117. The summed E-state index contributed by atoms with van der Waals surface area (Å²) in [6.07, 6.45) is 7.38. The number of aryl methyl sites for hydroxylation is 4. The fourth-order valence-corrected chi connectivity index (χ4v) is 7.17. The molecule has 1 aliphatic heterocycles. The molecule has 1 aliphatic rings. The standard InChI is InChI=1S/C36H52N2O3S/c1-27(2)30(14-16-33-18-17-32(42-33)9-7-8-29-12-10-28(3)11-13-29)20-21-37-22-24-38(25-23-37)26-31-15-19-34(39-4)36(41-6)35(31)40-5/h10-13,15,17-19,27,30H,7-9,14,16,20-26H2,1-6H3. The highest BCUT2D eigenvalue weighted by atomic mass is 32.1. The molecule has 0 amide bonds. The van der Waals surface area contributed by atoms with Crippen LogP contribution in [0.4, 0.5) is 0 Å². The molecule has 5 nitrogen and oxygen atoms in total. The minimum Gasteiger partial charge on any atom is -0.493 e. The van der Waals surface area contributed by atoms with Gasteiger partial charge in [-0.25, -0.2) is 0 Å². The second-order valence-corrected chi connectivity index (χ2v) is 13.4. The fourth-order valence-electron chi connectivity index (χ4n) is 6.10. The Balaban J connectivity index is 1.18. The molecule has 1 unspecified atom stereocenters. The van der Waals surface area contributed by atoms with E-state index in [1.165, 1.54) is 56.2 Å². The number of hydrogen-bond donors (Lipinski definition) is 0. The number of rotatable bonds is 16. The van der Waals surface area contributed by atoms with E-state index in [0.717, 1.165) is 55.9 Å². The van der Waals surface area contributed by atoms with E-state index in [9.17, 15) is 0 Å². The third-order valence-electron chi connectivity index (χ3n) is 8.89. The van der Waals surface area contributed by atoms with E-state index in [4.69, 9.17) is 14.2 Å². The number of hydrogen-bond acceptors (Lipinski definition) is 6. The van der Waals surface area contributed by atoms with Crippen LogP contribution in [-0.4, -0.2) is 63.9 Å². The van der Waals surface area contributed by atoms with Crippen LogP contribution in [0.15, 0.2) is 48.5 Å². The highest BCUT2D eigenvalue weighted by Crippen LogP contribution is 2.40. The van der Waals surface area contributed by atoms with Gasteiger partial charge in [-0.05, 0) is 87.6 Å². The average Bonchev–Trinajstić information content (AvgIpc) is 3.46. The van der Waals surface area contributed by atoms with Crippen molar-refractivity contribution in [3.05, 3.63) is 75.0 Å². The molecule has 230 valence electrons. The van der Waals surface area contributed by atoms with Crippen molar-refractivity contribution in [2.24, 2.45) is 11.8 Å². The third-order valence-corrected chi connectivity index (χ3v) is 10.1. The van der Waals surface area contributed by atoms with Crippen molar-refractivity contribution in [3.63, 3.8) is 0 Å². The minimum atomic E-state index is 0.674. The summed E-state index contributed by atoms with van der Waals surface area (Å²) in [4.78, 5) is 8.29. The van der Waals surface area contributed by atoms with Gasteiger partial charge in [-0.1, -0.05) is 49.7 Å². The number of ether oxygens (including phenoxy) is 3. The Kier molecular flexibility index (Phi) is 12.6. The van der Waals surface area contributed by atoms with Gasteiger partial charge < -0.3 is 19.1 Å². The zero-order valence-electron chi connectivity index (χ0n) is 26.8. The Morgan fingerprint density at radius 2 is 1.38 bits per heavy atom. The maximum absolute atomic E-state index is 5.71. The SMILES string of the molecule is COc1ccc(CN2CCN(CCC(CCc3ccc(CCCc4ccc(C)cc4)s3)C(C)C)CC2)c(OC)c1OC. The highest BCUT2D eigenvalue weighted by molar-refractivity contribution is 7.11. The van der Waals surface area contributed by atoms with Crippen LogP contribution in [-0.2, 0) is 25.8 Å². The molecule has 1 atom stereocenters. The van der Waals surface area contributed by atoms with Crippen LogP contribution in [0.3, 0.4) is 0 Å². The van der Waals surface area contributed by atoms with Crippen LogP contribution < -0.4 is 14.2 Å². The van der Waals surface area contributed by atoms with Crippen molar-refractivity contribution in [1.29, 1.82) is 0 Å². The lowest BCUT2D eigenvalue weighted by atomic mass is 9.88. The summed E-state index contributed by atoms with van der Waals surface area (Å²) >= 11 is 2.04. The number of benzene rings is 2. The summed E-state index contributed by atoms with van der Waals surface area (Å²) in [6, 6.07) is 17.8. The Bertz CT molecular complexity index is 1210. The first-order chi connectivity index (χ1) is 20.4. The molecule has 0 saturated carbocycles. The van der Waals surface area contributed by atoms with E-state index >= 15 is 0 Å². The van der Waals surface area contributed by atoms with Crippen molar-refractivity contribution < 1.29 is 14.2 Å². The van der Waals surface area contributed by atoms with Gasteiger partial charge in [-0.15, -0.1) is 11.3 Å². The molecule has 0 bridgehead atoms. The number of piperazine rings is 1. The van der Waals surface area contributed by atoms with E-state index in [-0.39, 0.29) is 0 Å². The van der Waals surface area contributed by atoms with Crippen molar-refractivity contribution in [2.45, 2.75) is 65.8 Å². The normalized spacial score (nSPS) is 15.2. The quantitative estimate of drug-likeness (QED) is 0.171. The fraction of sp³-hybridized carbons (Fsp3) is 0.556. The van der Waals surface area contributed by atoms with Crippen LogP contribution >= 0.6 is 11.3 Å². The van der Waals surface area contributed by atoms with Gasteiger partial charge in [0.05, 0.1) is 21.3 Å². The van der Waals surface area contributed by atoms with Crippen LogP contribution in [0, 0.1) is 18.8 Å². The largest absolute Gasteiger partial charge is 0.493 e. The highest BCUT2D eigenvalue weighted by Gasteiger charge is 2.22. The van der Waals surface area contributed by atoms with Gasteiger partial charge in [0.2, 0.25) is 5.75 Å². The minimum absolute atomic E-state index is 0.674. The molecule has 3 aromatic rings. The van der Waals surface area contributed by atoms with Gasteiger partial charge >= 0.3 is 0 Å². The molecule has 1 aromatic heterocycles. The van der Waals surface area contributed by atoms with Gasteiger partial charge in [0.1, 0.15) is 0 Å². The van der Waals surface area contributed by atoms with Crippen LogP contribution in [0.2, 0.25) is 0 Å². The van der Waals surface area contributed by atoms with Crippen molar-refractivity contribution >= 4 is 11.3 Å². The van der Waals surface area contributed by atoms with Crippen molar-refractivity contribution in [3.8, 4) is 17.2 Å². The summed E-state index contributed by atoms with van der Waals surface area (Å²) in [5.41, 5.74) is 3.94. The van der Waals surface area contributed by atoms with E-state index in [1.807, 2.05) is 17.4 Å². The summed E-state index contributed by atoms with van der Waals surface area (Å²) in [6.45, 7) is 13.4. The number of thiophene rings is 1. The Morgan fingerprint density at radius 3 is 2.02 bits per heavy atom. The smallest absolute Gasteiger partial charge is 0.203 e. The molecule has 2 heterocycles. The molecular weight excluding hydrogens is 540 g/mol. The molecule has 6 heteroatoms. The van der Waals surface area contributed by atoms with Gasteiger partial charge in [-0.3, -0.25) is 4.90 Å². The molecule has 42 heavy (non-hydrogen) atoms. The van der Waals surface area contributed by atoms with Gasteiger partial charge in [0, 0.05) is 48.0 Å². The number of methoxy groups -OCH3 is 3. The van der Waals surface area contributed by atoms with E-state index < -0.39 is 0 Å². The lowest BCUT2D eigenvalue weighted by Crippen LogP contribution is -2.46. The third kappa shape index (κ3) is 9.23. The zero-order valence-corrected chi connectivity index (χ0v) is 27.6. The first-order valence-electron chi connectivity index (χ1n) is 15.8. The van der Waals surface area contributed by atoms with Gasteiger partial charge in [-0.2, -0.15) is 0 Å². The van der Waals surface area contributed by atoms with Crippen molar-refractivity contribution in [2.75, 3.05) is 54.1 Å². The first kappa shape index (κ1) is 32.4. The van der Waals surface area contributed by atoms with Crippen LogP contribution in [0.25, 0.3) is 0 Å². The maximum atomic E-state index is 5.71. The molecule has 0 N–H and O–H groups in total. The monoisotopic (exact) mass is 592 g/mol. The molecule has 1 saturated heterocycles. The van der Waals surface area contributed by atoms with E-state index in [1.54, 1.807) is 31.1 Å². The Hall–Kier alpha value is -2.54. The summed E-state index contributed by atoms with van der Waals surface area (Å²) < 4.78 is 16.7. The molecule has 0 spiro atoms. The number of nitrogens with zero attached hydrogens (tertiary/aromatic N) is 2. The predicted octanol–water partition coefficient (Wildman–Crippen LogP) is 7.67. The zero-order chi connectivity index (χ0) is 29.9. The molecule has 1 fully saturated rings. The molecule has 4 rings (SSSR count).